The topological polar surface area (TPSA) is 26.3 Å². The maximum atomic E-state index is 10.2. The summed E-state index contributed by atoms with van der Waals surface area (Å²) in [6, 6.07) is 5.18. The van der Waals surface area contributed by atoms with E-state index < -0.39 is 0 Å². The number of benzene rings is 1. The van der Waals surface area contributed by atoms with Crippen LogP contribution in [0.4, 0.5) is 0 Å². The van der Waals surface area contributed by atoms with E-state index in [0.29, 0.717) is 5.56 Å². The van der Waals surface area contributed by atoms with E-state index in [9.17, 15) is 4.79 Å². The molecular formula is C9H9O2. The molecule has 0 amide bonds. The van der Waals surface area contributed by atoms with E-state index in [1.807, 2.05) is 13.2 Å². The molecule has 0 bridgehead atoms. The predicted molar refractivity (Wildman–Crippen MR) is 42.5 cm³/mol. The molecule has 1 aromatic rings. The standard InChI is InChI=1S/C9H9O2/c1-7-5-8(6-10)3-4-9(7)11-2/h3-5H,1-2H3. The van der Waals surface area contributed by atoms with Crippen molar-refractivity contribution in [3.8, 4) is 5.75 Å². The Morgan fingerprint density at radius 2 is 2.18 bits per heavy atom. The number of ether oxygens (including phenoxy) is 1. The molecule has 0 aliphatic heterocycles. The van der Waals surface area contributed by atoms with E-state index in [1.165, 1.54) is 0 Å². The summed E-state index contributed by atoms with van der Waals surface area (Å²) < 4.78 is 5.01. The second-order valence-electron chi connectivity index (χ2n) is 2.29. The number of rotatable bonds is 2. The van der Waals surface area contributed by atoms with E-state index in [4.69, 9.17) is 4.74 Å². The third kappa shape index (κ3) is 1.58. The summed E-state index contributed by atoms with van der Waals surface area (Å²) in [4.78, 5) is 10.2. The average Bonchev–Trinajstić information content (AvgIpc) is 2.04. The van der Waals surface area contributed by atoms with Gasteiger partial charge in [-0.3, -0.25) is 4.79 Å². The molecule has 1 radical (unpaired) electrons. The van der Waals surface area contributed by atoms with Crippen LogP contribution in [0.15, 0.2) is 18.2 Å². The highest BCUT2D eigenvalue weighted by atomic mass is 16.5. The molecule has 2 nitrogen and oxygen atoms in total. The fourth-order valence-corrected chi connectivity index (χ4v) is 0.942. The molecule has 0 atom stereocenters. The Hall–Kier alpha value is -1.31. The molecule has 0 aromatic heterocycles. The largest absolute Gasteiger partial charge is 0.496 e. The zero-order valence-corrected chi connectivity index (χ0v) is 6.55. The van der Waals surface area contributed by atoms with Gasteiger partial charge in [0.05, 0.1) is 7.11 Å². The highest BCUT2D eigenvalue weighted by Gasteiger charge is 1.97. The van der Waals surface area contributed by atoms with Crippen LogP contribution < -0.4 is 4.74 Å². The van der Waals surface area contributed by atoms with Gasteiger partial charge in [0.1, 0.15) is 5.75 Å². The van der Waals surface area contributed by atoms with Crippen molar-refractivity contribution >= 4 is 6.29 Å². The maximum Gasteiger partial charge on any atom is 0.233 e. The van der Waals surface area contributed by atoms with Crippen LogP contribution in [0.2, 0.25) is 0 Å². The van der Waals surface area contributed by atoms with Gasteiger partial charge in [0.15, 0.2) is 0 Å². The number of carbonyl (C=O) groups excluding carboxylic acids is 1. The molecule has 57 valence electrons. The van der Waals surface area contributed by atoms with Gasteiger partial charge in [0.2, 0.25) is 6.29 Å². The second-order valence-corrected chi connectivity index (χ2v) is 2.29. The van der Waals surface area contributed by atoms with Crippen LogP contribution in [-0.2, 0) is 4.79 Å². The lowest BCUT2D eigenvalue weighted by Gasteiger charge is -2.02. The van der Waals surface area contributed by atoms with Crippen LogP contribution in [0.5, 0.6) is 5.75 Å². The molecule has 0 unspecified atom stereocenters. The van der Waals surface area contributed by atoms with Gasteiger partial charge in [0, 0.05) is 5.56 Å². The molecule has 0 heterocycles. The molecule has 11 heavy (non-hydrogen) atoms. The van der Waals surface area contributed by atoms with E-state index in [1.54, 1.807) is 25.3 Å². The fourth-order valence-electron chi connectivity index (χ4n) is 0.942. The van der Waals surface area contributed by atoms with Crippen LogP contribution >= 0.6 is 0 Å². The summed E-state index contributed by atoms with van der Waals surface area (Å²) in [5, 5.41) is 0. The van der Waals surface area contributed by atoms with E-state index in [-0.39, 0.29) is 0 Å². The van der Waals surface area contributed by atoms with Crippen molar-refractivity contribution in [2.45, 2.75) is 6.92 Å². The van der Waals surface area contributed by atoms with Crippen LogP contribution in [0.25, 0.3) is 0 Å². The molecule has 0 N–H and O–H groups in total. The Balaban J connectivity index is 3.09. The number of aryl methyl sites for hydroxylation is 1. The van der Waals surface area contributed by atoms with Crippen LogP contribution in [0.1, 0.15) is 11.1 Å². The predicted octanol–water partition coefficient (Wildman–Crippen LogP) is 1.46. The molecule has 0 saturated heterocycles. The molecular weight excluding hydrogens is 140 g/mol. The Labute approximate surface area is 65.8 Å². The first-order valence-electron chi connectivity index (χ1n) is 3.30. The number of hydrogen-bond donors (Lipinski definition) is 0. The van der Waals surface area contributed by atoms with E-state index >= 15 is 0 Å². The minimum Gasteiger partial charge on any atom is -0.496 e. The lowest BCUT2D eigenvalue weighted by molar-refractivity contribution is 0.411. The first-order chi connectivity index (χ1) is 5.27. The molecule has 1 rings (SSSR count). The normalized spacial score (nSPS) is 9.27. The van der Waals surface area contributed by atoms with Crippen molar-refractivity contribution in [1.29, 1.82) is 0 Å². The summed E-state index contributed by atoms with van der Waals surface area (Å²) >= 11 is 0. The van der Waals surface area contributed by atoms with Gasteiger partial charge in [0.25, 0.3) is 0 Å². The molecule has 1 aromatic carbocycles. The van der Waals surface area contributed by atoms with Crippen molar-refractivity contribution in [2.24, 2.45) is 0 Å². The van der Waals surface area contributed by atoms with Crippen LogP contribution in [0.3, 0.4) is 0 Å². The first kappa shape index (κ1) is 7.79. The second kappa shape index (κ2) is 3.19. The van der Waals surface area contributed by atoms with Gasteiger partial charge < -0.3 is 4.74 Å². The van der Waals surface area contributed by atoms with Crippen molar-refractivity contribution < 1.29 is 9.53 Å². The molecule has 2 heteroatoms. The van der Waals surface area contributed by atoms with Gasteiger partial charge >= 0.3 is 0 Å². The smallest absolute Gasteiger partial charge is 0.233 e. The van der Waals surface area contributed by atoms with Crippen LogP contribution in [-0.4, -0.2) is 13.4 Å². The number of methoxy groups -OCH3 is 1. The quantitative estimate of drug-likeness (QED) is 0.636. The Morgan fingerprint density at radius 3 is 2.64 bits per heavy atom. The van der Waals surface area contributed by atoms with Crippen LogP contribution in [0, 0.1) is 6.92 Å². The average molecular weight is 149 g/mol. The SMILES string of the molecule is COc1ccc([C]=O)cc1C. The lowest BCUT2D eigenvalue weighted by Crippen LogP contribution is -1.88. The monoisotopic (exact) mass is 149 g/mol. The van der Waals surface area contributed by atoms with Crippen molar-refractivity contribution in [3.05, 3.63) is 29.3 Å². The Morgan fingerprint density at radius 1 is 1.45 bits per heavy atom. The van der Waals surface area contributed by atoms with Gasteiger partial charge in [-0.25, -0.2) is 0 Å². The molecule has 0 aliphatic carbocycles. The minimum atomic E-state index is 0.559. The maximum absolute atomic E-state index is 10.2. The lowest BCUT2D eigenvalue weighted by atomic mass is 10.1. The van der Waals surface area contributed by atoms with Gasteiger partial charge in [-0.05, 0) is 30.7 Å². The first-order valence-corrected chi connectivity index (χ1v) is 3.30. The van der Waals surface area contributed by atoms with Gasteiger partial charge in [-0.2, -0.15) is 0 Å². The van der Waals surface area contributed by atoms with Gasteiger partial charge in [-0.15, -0.1) is 0 Å². The fraction of sp³-hybridized carbons (Fsp3) is 0.222. The summed E-state index contributed by atoms with van der Waals surface area (Å²) in [6.07, 6.45) is 1.81. The molecule has 0 spiro atoms. The summed E-state index contributed by atoms with van der Waals surface area (Å²) in [6.45, 7) is 1.89. The molecule has 0 fully saturated rings. The Kier molecular flexibility index (Phi) is 2.26. The summed E-state index contributed by atoms with van der Waals surface area (Å²) in [5.74, 6) is 0.795. The zero-order valence-electron chi connectivity index (χ0n) is 6.55. The summed E-state index contributed by atoms with van der Waals surface area (Å²) in [7, 11) is 1.60. The molecule has 0 saturated carbocycles. The summed E-state index contributed by atoms with van der Waals surface area (Å²) in [5.41, 5.74) is 1.51. The van der Waals surface area contributed by atoms with Gasteiger partial charge in [-0.1, -0.05) is 0 Å². The third-order valence-electron chi connectivity index (χ3n) is 1.51. The van der Waals surface area contributed by atoms with Crippen molar-refractivity contribution in [2.75, 3.05) is 7.11 Å². The zero-order chi connectivity index (χ0) is 8.27. The van der Waals surface area contributed by atoms with Crippen molar-refractivity contribution in [3.63, 3.8) is 0 Å². The highest BCUT2D eigenvalue weighted by Crippen LogP contribution is 2.17. The number of hydrogen-bond acceptors (Lipinski definition) is 2. The third-order valence-corrected chi connectivity index (χ3v) is 1.51. The minimum absolute atomic E-state index is 0.559. The highest BCUT2D eigenvalue weighted by molar-refractivity contribution is 5.76. The Bertz CT molecular complexity index is 266. The van der Waals surface area contributed by atoms with E-state index in [2.05, 4.69) is 0 Å². The molecule has 0 aliphatic rings. The van der Waals surface area contributed by atoms with E-state index in [0.717, 1.165) is 11.3 Å². The van der Waals surface area contributed by atoms with Crippen molar-refractivity contribution in [1.82, 2.24) is 0 Å².